The summed E-state index contributed by atoms with van der Waals surface area (Å²) in [5.41, 5.74) is -1.30. The van der Waals surface area contributed by atoms with E-state index in [1.807, 2.05) is 30.3 Å². The lowest BCUT2D eigenvalue weighted by molar-refractivity contribution is -0.285. The van der Waals surface area contributed by atoms with Gasteiger partial charge in [-0.3, -0.25) is 14.4 Å². The van der Waals surface area contributed by atoms with Gasteiger partial charge in [0.25, 0.3) is 0 Å². The zero-order valence-electron chi connectivity index (χ0n) is 20.8. The lowest BCUT2D eigenvalue weighted by Crippen LogP contribution is -2.45. The second-order valence-electron chi connectivity index (χ2n) is 8.80. The van der Waals surface area contributed by atoms with Crippen LogP contribution in [0.4, 0.5) is 4.39 Å². The molecule has 0 saturated carbocycles. The van der Waals surface area contributed by atoms with Crippen LogP contribution in [0.1, 0.15) is 31.1 Å². The predicted molar refractivity (Wildman–Crippen MR) is 136 cm³/mol. The summed E-state index contributed by atoms with van der Waals surface area (Å²) < 4.78 is 27.1. The number of halogens is 1. The molecule has 0 aliphatic carbocycles. The molecule has 0 spiro atoms. The highest BCUT2D eigenvalue weighted by Crippen LogP contribution is 2.31. The average molecular weight is 544 g/mol. The Morgan fingerprint density at radius 3 is 2.47 bits per heavy atom. The summed E-state index contributed by atoms with van der Waals surface area (Å²) in [4.78, 5) is 32.8. The molecule has 2 heterocycles. The lowest BCUT2D eigenvalue weighted by atomic mass is 10.1. The largest absolute Gasteiger partial charge is 0.496 e. The second kappa shape index (κ2) is 11.2. The number of rotatable bonds is 10. The molecule has 0 saturated heterocycles. The highest BCUT2D eigenvalue weighted by atomic mass is 32.1. The fraction of sp³-hybridized carbons (Fsp3) is 0.280. The van der Waals surface area contributed by atoms with Crippen molar-refractivity contribution in [3.05, 3.63) is 88.4 Å². The van der Waals surface area contributed by atoms with E-state index < -0.39 is 29.1 Å². The smallest absolute Gasteiger partial charge is 0.332 e. The first-order valence-corrected chi connectivity index (χ1v) is 11.9. The number of esters is 1. The highest BCUT2D eigenvalue weighted by molar-refractivity contribution is 7.80. The molecule has 2 aromatic carbocycles. The van der Waals surface area contributed by atoms with E-state index in [4.69, 9.17) is 9.47 Å². The molecule has 38 heavy (non-hydrogen) atoms. The minimum Gasteiger partial charge on any atom is -0.496 e. The molecule has 0 aliphatic rings. The zero-order chi connectivity index (χ0) is 27.4. The molecule has 1 atom stereocenters. The van der Waals surface area contributed by atoms with Crippen molar-refractivity contribution in [2.75, 3.05) is 7.11 Å². The first-order chi connectivity index (χ1) is 18.2. The summed E-state index contributed by atoms with van der Waals surface area (Å²) in [5, 5.41) is 18.0. The van der Waals surface area contributed by atoms with Gasteiger partial charge in [-0.05, 0) is 37.6 Å². The maximum atomic E-state index is 14.0. The van der Waals surface area contributed by atoms with Gasteiger partial charge in [0.1, 0.15) is 34.8 Å². The van der Waals surface area contributed by atoms with Gasteiger partial charge in [0.2, 0.25) is 0 Å². The molecular weight excluding hydrogens is 517 g/mol. The van der Waals surface area contributed by atoms with E-state index in [2.05, 4.69) is 27.7 Å². The van der Waals surface area contributed by atoms with Crippen LogP contribution in [0.2, 0.25) is 0 Å². The van der Waals surface area contributed by atoms with Crippen molar-refractivity contribution in [3.63, 3.8) is 0 Å². The van der Waals surface area contributed by atoms with Gasteiger partial charge in [0.15, 0.2) is 5.82 Å². The molecule has 0 fully saturated rings. The Morgan fingerprint density at radius 2 is 1.84 bits per heavy atom. The summed E-state index contributed by atoms with van der Waals surface area (Å²) in [6.45, 7) is 2.72. The van der Waals surface area contributed by atoms with Crippen LogP contribution in [0.15, 0.2) is 70.7 Å². The SMILES string of the molecule is COc1ccc(F)cc1[C@H](Cn1c(S)c(-n2nccn2)n(C(C)(C)C(=O)OCc2ccccc2)c1=O)OO. The lowest BCUT2D eigenvalue weighted by Gasteiger charge is -2.25. The number of ether oxygens (including phenoxy) is 2. The van der Waals surface area contributed by atoms with E-state index in [1.165, 1.54) is 45.5 Å². The number of hydrogen-bond acceptors (Lipinski definition) is 9. The van der Waals surface area contributed by atoms with E-state index in [0.29, 0.717) is 0 Å². The molecule has 0 aliphatic heterocycles. The molecule has 13 heteroatoms. The Labute approximate surface area is 222 Å². The molecule has 200 valence electrons. The van der Waals surface area contributed by atoms with Crippen LogP contribution in [-0.4, -0.2) is 42.5 Å². The third-order valence-corrected chi connectivity index (χ3v) is 6.42. The van der Waals surface area contributed by atoms with Gasteiger partial charge in [-0.15, -0.1) is 17.4 Å². The molecular formula is C25H26FN5O6S. The Hall–Kier alpha value is -3.94. The third-order valence-electron chi connectivity index (χ3n) is 5.98. The molecule has 0 amide bonds. The van der Waals surface area contributed by atoms with Gasteiger partial charge in [-0.1, -0.05) is 30.3 Å². The number of methoxy groups -OCH3 is 1. The molecule has 4 rings (SSSR count). The second-order valence-corrected chi connectivity index (χ2v) is 9.22. The predicted octanol–water partition coefficient (Wildman–Crippen LogP) is 3.38. The number of carbonyl (C=O) groups is 1. The summed E-state index contributed by atoms with van der Waals surface area (Å²) in [6.07, 6.45) is 1.57. The van der Waals surface area contributed by atoms with Crippen LogP contribution in [0.5, 0.6) is 5.75 Å². The van der Waals surface area contributed by atoms with Crippen LogP contribution in [0.25, 0.3) is 5.82 Å². The fourth-order valence-corrected chi connectivity index (χ4v) is 4.35. The maximum Gasteiger partial charge on any atom is 0.332 e. The minimum atomic E-state index is -1.54. The Bertz CT molecular complexity index is 1470. The Balaban J connectivity index is 1.77. The van der Waals surface area contributed by atoms with Crippen LogP contribution >= 0.6 is 12.6 Å². The number of aromatic nitrogens is 5. The fourth-order valence-electron chi connectivity index (χ4n) is 4.00. The van der Waals surface area contributed by atoms with Crippen molar-refractivity contribution in [1.82, 2.24) is 24.1 Å². The summed E-state index contributed by atoms with van der Waals surface area (Å²) in [7, 11) is 1.38. The van der Waals surface area contributed by atoms with E-state index in [9.17, 15) is 19.2 Å². The van der Waals surface area contributed by atoms with Crippen molar-refractivity contribution >= 4 is 18.6 Å². The summed E-state index contributed by atoms with van der Waals surface area (Å²) >= 11 is 4.54. The van der Waals surface area contributed by atoms with Crippen LogP contribution in [-0.2, 0) is 33.1 Å². The van der Waals surface area contributed by atoms with Crippen molar-refractivity contribution in [2.45, 2.75) is 43.7 Å². The quantitative estimate of drug-likeness (QED) is 0.135. The molecule has 0 bridgehead atoms. The number of hydrogen-bond donors (Lipinski definition) is 2. The van der Waals surface area contributed by atoms with Gasteiger partial charge in [-0.2, -0.15) is 10.2 Å². The topological polar surface area (TPSA) is 123 Å². The Morgan fingerprint density at radius 1 is 1.16 bits per heavy atom. The van der Waals surface area contributed by atoms with E-state index >= 15 is 0 Å². The van der Waals surface area contributed by atoms with Crippen molar-refractivity contribution in [2.24, 2.45) is 0 Å². The number of carbonyl (C=O) groups excluding carboxylic acids is 1. The van der Waals surface area contributed by atoms with Gasteiger partial charge in [0, 0.05) is 5.56 Å². The van der Waals surface area contributed by atoms with E-state index in [1.54, 1.807) is 0 Å². The number of nitrogens with zero attached hydrogens (tertiary/aromatic N) is 5. The van der Waals surface area contributed by atoms with Crippen LogP contribution < -0.4 is 10.4 Å². The van der Waals surface area contributed by atoms with E-state index in [0.717, 1.165) is 25.6 Å². The average Bonchev–Trinajstić information content (AvgIpc) is 3.53. The summed E-state index contributed by atoms with van der Waals surface area (Å²) in [5.74, 6) is -0.975. The first kappa shape index (κ1) is 27.1. The van der Waals surface area contributed by atoms with Crippen LogP contribution in [0, 0.1) is 5.82 Å². The first-order valence-electron chi connectivity index (χ1n) is 11.5. The molecule has 2 aromatic heterocycles. The van der Waals surface area contributed by atoms with E-state index in [-0.39, 0.29) is 35.3 Å². The van der Waals surface area contributed by atoms with Gasteiger partial charge in [-0.25, -0.2) is 18.9 Å². The van der Waals surface area contributed by atoms with Gasteiger partial charge >= 0.3 is 11.7 Å². The molecule has 4 aromatic rings. The monoisotopic (exact) mass is 543 g/mol. The van der Waals surface area contributed by atoms with Crippen molar-refractivity contribution in [1.29, 1.82) is 0 Å². The zero-order valence-corrected chi connectivity index (χ0v) is 21.7. The molecule has 0 radical (unpaired) electrons. The maximum absolute atomic E-state index is 14.0. The molecule has 1 N–H and O–H groups in total. The number of imidazole rings is 1. The van der Waals surface area contributed by atoms with Crippen molar-refractivity contribution < 1.29 is 28.8 Å². The van der Waals surface area contributed by atoms with Crippen molar-refractivity contribution in [3.8, 4) is 11.6 Å². The Kier molecular flexibility index (Phi) is 7.99. The minimum absolute atomic E-state index is 0.00143. The molecule has 0 unspecified atom stereocenters. The summed E-state index contributed by atoms with van der Waals surface area (Å²) in [6, 6.07) is 12.8. The van der Waals surface area contributed by atoms with Crippen LogP contribution in [0.3, 0.4) is 0 Å². The highest BCUT2D eigenvalue weighted by Gasteiger charge is 2.39. The normalized spacial score (nSPS) is 12.4. The third kappa shape index (κ3) is 5.21. The standard InChI is InChI=1S/C25H26FN5O6S/c1-25(2,23(32)36-15-16-7-5-4-6-8-16)30-21(31-27-11-12-28-31)22(38)29(24(30)33)14-20(37-34)18-13-17(26)9-10-19(18)35-3/h4-13,20,34,38H,14-15H2,1-3H3/t20-/m0/s1. The van der Waals surface area contributed by atoms with Gasteiger partial charge < -0.3 is 9.47 Å². The van der Waals surface area contributed by atoms with Gasteiger partial charge in [0.05, 0.1) is 26.0 Å². The number of benzene rings is 2. The number of thiol groups is 1. The molecule has 11 nitrogen and oxygen atoms in total.